The molecular formula is C11H10O2S. The average Bonchev–Trinajstić information content (AvgIpc) is 2.19. The third-order valence-electron chi connectivity index (χ3n) is 1.60. The minimum absolute atomic E-state index is 0.282. The number of hydrogen-bond acceptors (Lipinski definition) is 2. The molecule has 1 rings (SSSR count). The first kappa shape index (κ1) is 10.7. The van der Waals surface area contributed by atoms with E-state index in [1.165, 1.54) is 0 Å². The second kappa shape index (κ2) is 5.36. The molecule has 0 fully saturated rings. The molecule has 0 aliphatic heterocycles. The number of carboxylic acids is 1. The van der Waals surface area contributed by atoms with Crippen LogP contribution in [0.3, 0.4) is 0 Å². The van der Waals surface area contributed by atoms with Crippen molar-refractivity contribution >= 4 is 18.6 Å². The summed E-state index contributed by atoms with van der Waals surface area (Å²) in [4.78, 5) is 10.5. The zero-order chi connectivity index (χ0) is 10.4. The van der Waals surface area contributed by atoms with Crippen LogP contribution >= 0.6 is 12.6 Å². The Kier molecular flexibility index (Phi) is 4.09. The number of hydrogen-bond donors (Lipinski definition) is 2. The lowest BCUT2D eigenvalue weighted by molar-refractivity contribution is 0.0697. The number of carbonyl (C=O) groups is 1. The van der Waals surface area contributed by atoms with Crippen LogP contribution in [-0.2, 0) is 0 Å². The maximum absolute atomic E-state index is 10.5. The highest BCUT2D eigenvalue weighted by Gasteiger charge is 1.99. The molecule has 0 saturated heterocycles. The Morgan fingerprint density at radius 1 is 1.36 bits per heavy atom. The summed E-state index contributed by atoms with van der Waals surface area (Å²) in [6.45, 7) is 0. The Labute approximate surface area is 88.4 Å². The highest BCUT2D eigenvalue weighted by molar-refractivity contribution is 7.80. The standard InChI is InChI=1S/C11H10O2S/c12-11(13)10-6-4-9(5-7-10)3-1-2-8-14/h4-7,14H,2,8H2,(H,12,13). The molecule has 0 bridgehead atoms. The lowest BCUT2D eigenvalue weighted by atomic mass is 10.1. The minimum atomic E-state index is -0.917. The van der Waals surface area contributed by atoms with Gasteiger partial charge in [0, 0.05) is 17.7 Å². The minimum Gasteiger partial charge on any atom is -0.478 e. The summed E-state index contributed by atoms with van der Waals surface area (Å²) in [7, 11) is 0. The molecule has 0 spiro atoms. The van der Waals surface area contributed by atoms with Gasteiger partial charge in [0.05, 0.1) is 5.56 Å². The number of aromatic carboxylic acids is 1. The average molecular weight is 206 g/mol. The van der Waals surface area contributed by atoms with Crippen molar-refractivity contribution < 1.29 is 9.90 Å². The maximum Gasteiger partial charge on any atom is 0.335 e. The summed E-state index contributed by atoms with van der Waals surface area (Å²) in [5, 5.41) is 8.64. The van der Waals surface area contributed by atoms with E-state index in [0.717, 1.165) is 17.7 Å². The fraction of sp³-hybridized carbons (Fsp3) is 0.182. The third-order valence-corrected chi connectivity index (χ3v) is 1.82. The van der Waals surface area contributed by atoms with E-state index >= 15 is 0 Å². The van der Waals surface area contributed by atoms with E-state index in [0.29, 0.717) is 0 Å². The smallest absolute Gasteiger partial charge is 0.335 e. The molecule has 3 heteroatoms. The molecule has 0 unspecified atom stereocenters. The lowest BCUT2D eigenvalue weighted by Gasteiger charge is -1.93. The Morgan fingerprint density at radius 2 is 2.00 bits per heavy atom. The lowest BCUT2D eigenvalue weighted by Crippen LogP contribution is -1.94. The van der Waals surface area contributed by atoms with Crippen molar-refractivity contribution in [3.8, 4) is 11.8 Å². The monoisotopic (exact) mass is 206 g/mol. The maximum atomic E-state index is 10.5. The highest BCUT2D eigenvalue weighted by atomic mass is 32.1. The summed E-state index contributed by atoms with van der Waals surface area (Å²) in [6.07, 6.45) is 0.740. The van der Waals surface area contributed by atoms with Crippen molar-refractivity contribution in [2.75, 3.05) is 5.75 Å². The van der Waals surface area contributed by atoms with Crippen LogP contribution < -0.4 is 0 Å². The summed E-state index contributed by atoms with van der Waals surface area (Å²) in [5.74, 6) is 5.67. The second-order valence-electron chi connectivity index (χ2n) is 2.66. The molecule has 1 aromatic rings. The van der Waals surface area contributed by atoms with Gasteiger partial charge in [-0.3, -0.25) is 0 Å². The van der Waals surface area contributed by atoms with Gasteiger partial charge in [-0.25, -0.2) is 4.79 Å². The van der Waals surface area contributed by atoms with Crippen LogP contribution in [0, 0.1) is 11.8 Å². The van der Waals surface area contributed by atoms with E-state index in [2.05, 4.69) is 24.5 Å². The largest absolute Gasteiger partial charge is 0.478 e. The predicted molar refractivity (Wildman–Crippen MR) is 58.7 cm³/mol. The molecule has 1 aromatic carbocycles. The van der Waals surface area contributed by atoms with Gasteiger partial charge in [-0.1, -0.05) is 11.8 Å². The van der Waals surface area contributed by atoms with E-state index in [1.54, 1.807) is 24.3 Å². The summed E-state index contributed by atoms with van der Waals surface area (Å²) in [5.41, 5.74) is 1.11. The van der Waals surface area contributed by atoms with E-state index in [-0.39, 0.29) is 5.56 Å². The van der Waals surface area contributed by atoms with Crippen molar-refractivity contribution in [1.82, 2.24) is 0 Å². The molecule has 0 atom stereocenters. The van der Waals surface area contributed by atoms with Crippen LogP contribution in [0.4, 0.5) is 0 Å². The van der Waals surface area contributed by atoms with Crippen molar-refractivity contribution in [2.45, 2.75) is 6.42 Å². The van der Waals surface area contributed by atoms with Gasteiger partial charge in [0.2, 0.25) is 0 Å². The van der Waals surface area contributed by atoms with Gasteiger partial charge in [-0.05, 0) is 24.3 Å². The van der Waals surface area contributed by atoms with Crippen molar-refractivity contribution in [2.24, 2.45) is 0 Å². The van der Waals surface area contributed by atoms with Crippen LogP contribution in [0.2, 0.25) is 0 Å². The number of carboxylic acid groups (broad SMARTS) is 1. The Balaban J connectivity index is 2.75. The molecule has 0 radical (unpaired) electrons. The predicted octanol–water partition coefficient (Wildman–Crippen LogP) is 2.06. The number of benzene rings is 1. The molecule has 72 valence electrons. The van der Waals surface area contributed by atoms with Crippen LogP contribution in [0.15, 0.2) is 24.3 Å². The molecule has 0 heterocycles. The van der Waals surface area contributed by atoms with Gasteiger partial charge in [-0.2, -0.15) is 12.6 Å². The van der Waals surface area contributed by atoms with Gasteiger partial charge < -0.3 is 5.11 Å². The summed E-state index contributed by atoms with van der Waals surface area (Å²) < 4.78 is 0. The van der Waals surface area contributed by atoms with E-state index in [4.69, 9.17) is 5.11 Å². The molecule has 0 saturated carbocycles. The Bertz CT molecular complexity index is 371. The Morgan fingerprint density at radius 3 is 2.50 bits per heavy atom. The molecule has 1 N–H and O–H groups in total. The highest BCUT2D eigenvalue weighted by Crippen LogP contribution is 2.02. The molecule has 0 aliphatic carbocycles. The van der Waals surface area contributed by atoms with Crippen molar-refractivity contribution in [3.63, 3.8) is 0 Å². The molecule has 0 amide bonds. The molecule has 14 heavy (non-hydrogen) atoms. The fourth-order valence-corrected chi connectivity index (χ4v) is 1.03. The van der Waals surface area contributed by atoms with Gasteiger partial charge in [0.15, 0.2) is 0 Å². The summed E-state index contributed by atoms with van der Waals surface area (Å²) in [6, 6.07) is 6.50. The van der Waals surface area contributed by atoms with Gasteiger partial charge in [0.25, 0.3) is 0 Å². The van der Waals surface area contributed by atoms with Crippen LogP contribution in [0.25, 0.3) is 0 Å². The van der Waals surface area contributed by atoms with Gasteiger partial charge in [0.1, 0.15) is 0 Å². The van der Waals surface area contributed by atoms with E-state index in [1.807, 2.05) is 0 Å². The van der Waals surface area contributed by atoms with Gasteiger partial charge in [-0.15, -0.1) is 0 Å². The quantitative estimate of drug-likeness (QED) is 0.574. The topological polar surface area (TPSA) is 37.3 Å². The molecule has 0 aromatic heterocycles. The number of thiol groups is 1. The molecule has 0 aliphatic rings. The van der Waals surface area contributed by atoms with E-state index < -0.39 is 5.97 Å². The molecular weight excluding hydrogens is 196 g/mol. The Hall–Kier alpha value is -1.40. The first-order valence-corrected chi connectivity index (χ1v) is 4.80. The normalized spacial score (nSPS) is 8.93. The summed E-state index contributed by atoms with van der Waals surface area (Å²) >= 11 is 4.03. The fourth-order valence-electron chi connectivity index (χ4n) is 0.917. The second-order valence-corrected chi connectivity index (χ2v) is 3.11. The zero-order valence-electron chi connectivity index (χ0n) is 7.53. The zero-order valence-corrected chi connectivity index (χ0v) is 8.42. The van der Waals surface area contributed by atoms with Crippen molar-refractivity contribution in [1.29, 1.82) is 0 Å². The SMILES string of the molecule is O=C(O)c1ccc(C#CCCS)cc1. The first-order chi connectivity index (χ1) is 6.74. The molecule has 2 nitrogen and oxygen atoms in total. The van der Waals surface area contributed by atoms with Gasteiger partial charge >= 0.3 is 5.97 Å². The van der Waals surface area contributed by atoms with Crippen LogP contribution in [0.1, 0.15) is 22.3 Å². The van der Waals surface area contributed by atoms with Crippen LogP contribution in [0.5, 0.6) is 0 Å². The van der Waals surface area contributed by atoms with Crippen molar-refractivity contribution in [3.05, 3.63) is 35.4 Å². The number of rotatable bonds is 2. The third kappa shape index (κ3) is 3.15. The first-order valence-electron chi connectivity index (χ1n) is 4.17. The van der Waals surface area contributed by atoms with Crippen LogP contribution in [-0.4, -0.2) is 16.8 Å². The van der Waals surface area contributed by atoms with E-state index in [9.17, 15) is 4.79 Å².